The number of amides is 4. The Hall–Kier alpha value is -2.81. The molecule has 0 fully saturated rings. The van der Waals surface area contributed by atoms with E-state index in [0.29, 0.717) is 79.8 Å². The van der Waals surface area contributed by atoms with Gasteiger partial charge >= 0.3 is 5.97 Å². The Morgan fingerprint density at radius 1 is 0.538 bits per heavy atom. The highest BCUT2D eigenvalue weighted by molar-refractivity contribution is 5.83. The minimum Gasteiger partial charge on any atom is -0.481 e. The van der Waals surface area contributed by atoms with E-state index < -0.39 is 23.7 Å². The topological polar surface area (TPSA) is 205 Å². The van der Waals surface area contributed by atoms with Crippen molar-refractivity contribution in [2.75, 3.05) is 39.3 Å². The molecule has 226 valence electrons. The van der Waals surface area contributed by atoms with Gasteiger partial charge in [0.15, 0.2) is 0 Å². The highest BCUT2D eigenvalue weighted by Crippen LogP contribution is 2.09. The molecule has 0 aromatic rings. The summed E-state index contributed by atoms with van der Waals surface area (Å²) < 4.78 is 0. The maximum Gasteiger partial charge on any atom is 0.303 e. The van der Waals surface area contributed by atoms with Gasteiger partial charge in [0.1, 0.15) is 0 Å². The third-order valence-corrected chi connectivity index (χ3v) is 6.07. The van der Waals surface area contributed by atoms with Gasteiger partial charge in [-0.15, -0.1) is 0 Å². The van der Waals surface area contributed by atoms with Crippen LogP contribution in [0.2, 0.25) is 0 Å². The normalized spacial score (nSPS) is 10.7. The summed E-state index contributed by atoms with van der Waals surface area (Å²) in [7, 11) is 0. The first-order valence-corrected chi connectivity index (χ1v) is 13.6. The summed E-state index contributed by atoms with van der Waals surface area (Å²) >= 11 is 0. The fourth-order valence-electron chi connectivity index (χ4n) is 3.68. The van der Waals surface area contributed by atoms with E-state index in [1.54, 1.807) is 4.90 Å². The van der Waals surface area contributed by atoms with E-state index in [4.69, 9.17) is 10.8 Å². The molecule has 14 nitrogen and oxygen atoms in total. The Kier molecular flexibility index (Phi) is 20.5. The predicted octanol–water partition coefficient (Wildman–Crippen LogP) is 1.60. The molecule has 14 heteroatoms. The largest absolute Gasteiger partial charge is 0.481 e. The SMILES string of the molecule is CC(=O)N(O)CCCCCN(CCCCCN(O)C(=O)CCC(=O)O)C(=O)CCC(=O)N(O)CCCCCN. The Balaban J connectivity index is 4.63. The molecule has 0 rings (SSSR count). The Bertz CT molecular complexity index is 753. The average Bonchev–Trinajstić information content (AvgIpc) is 2.90. The van der Waals surface area contributed by atoms with Crippen LogP contribution in [0.4, 0.5) is 0 Å². The molecule has 0 radical (unpaired) electrons. The third-order valence-electron chi connectivity index (χ3n) is 6.07. The molecule has 0 saturated heterocycles. The van der Waals surface area contributed by atoms with Gasteiger partial charge in [-0.25, -0.2) is 15.2 Å². The summed E-state index contributed by atoms with van der Waals surface area (Å²) in [5.41, 5.74) is 5.43. The molecule has 0 spiro atoms. The van der Waals surface area contributed by atoms with Crippen LogP contribution in [0, 0.1) is 0 Å². The number of carboxylic acids is 1. The van der Waals surface area contributed by atoms with Gasteiger partial charge in [0.2, 0.25) is 23.6 Å². The van der Waals surface area contributed by atoms with E-state index in [1.807, 2.05) is 0 Å². The number of carbonyl (C=O) groups excluding carboxylic acids is 4. The molecule has 39 heavy (non-hydrogen) atoms. The number of carbonyl (C=O) groups is 5. The molecule has 0 saturated carbocycles. The van der Waals surface area contributed by atoms with E-state index in [0.717, 1.165) is 12.8 Å². The summed E-state index contributed by atoms with van der Waals surface area (Å²) in [4.78, 5) is 60.0. The number of hydrogen-bond acceptors (Lipinski definition) is 9. The zero-order valence-corrected chi connectivity index (χ0v) is 23.1. The Morgan fingerprint density at radius 2 is 0.923 bits per heavy atom. The highest BCUT2D eigenvalue weighted by Gasteiger charge is 2.18. The number of nitrogens with zero attached hydrogens (tertiary/aromatic N) is 4. The minimum atomic E-state index is -1.12. The molecule has 0 heterocycles. The number of nitrogens with two attached hydrogens (primary N) is 1. The third kappa shape index (κ3) is 19.0. The van der Waals surface area contributed by atoms with Crippen LogP contribution in [-0.2, 0) is 24.0 Å². The average molecular weight is 562 g/mol. The predicted molar refractivity (Wildman–Crippen MR) is 139 cm³/mol. The summed E-state index contributed by atoms with van der Waals surface area (Å²) in [5, 5.41) is 39.5. The van der Waals surface area contributed by atoms with Crippen LogP contribution >= 0.6 is 0 Å². The van der Waals surface area contributed by atoms with Crippen LogP contribution in [0.15, 0.2) is 0 Å². The monoisotopic (exact) mass is 561 g/mol. The summed E-state index contributed by atoms with van der Waals surface area (Å²) in [5.74, 6) is -3.00. The van der Waals surface area contributed by atoms with Crippen LogP contribution in [-0.4, -0.2) is 110 Å². The van der Waals surface area contributed by atoms with Gasteiger partial charge in [-0.05, 0) is 57.9 Å². The standard InChI is InChI=1S/C25H47N5O9/c1-21(31)28(37)18-9-3-6-16-27(17-7-4-10-20-30(39)24(34)13-14-25(35)36)22(32)11-12-23(33)29(38)19-8-2-5-15-26/h37-39H,2-20,26H2,1H3,(H,35,36). The molecule has 0 unspecified atom stereocenters. The number of carboxylic acid groups (broad SMARTS) is 1. The maximum atomic E-state index is 12.8. The first-order valence-electron chi connectivity index (χ1n) is 13.6. The molecular weight excluding hydrogens is 514 g/mol. The van der Waals surface area contributed by atoms with Gasteiger partial charge < -0.3 is 15.7 Å². The number of hydroxylamine groups is 6. The quantitative estimate of drug-likeness (QED) is 0.0692. The number of unbranched alkanes of at least 4 members (excludes halogenated alkanes) is 6. The smallest absolute Gasteiger partial charge is 0.303 e. The summed E-state index contributed by atoms with van der Waals surface area (Å²) in [6.07, 6.45) is 4.86. The fourth-order valence-corrected chi connectivity index (χ4v) is 3.68. The summed E-state index contributed by atoms with van der Waals surface area (Å²) in [6, 6.07) is 0. The van der Waals surface area contributed by atoms with Crippen LogP contribution in [0.25, 0.3) is 0 Å². The van der Waals surface area contributed by atoms with Crippen LogP contribution < -0.4 is 5.73 Å². The first-order chi connectivity index (χ1) is 18.5. The van der Waals surface area contributed by atoms with Crippen molar-refractivity contribution in [3.63, 3.8) is 0 Å². The lowest BCUT2D eigenvalue weighted by atomic mass is 10.1. The molecule has 0 aromatic carbocycles. The lowest BCUT2D eigenvalue weighted by molar-refractivity contribution is -0.167. The highest BCUT2D eigenvalue weighted by atomic mass is 16.5. The number of hydrogen-bond donors (Lipinski definition) is 5. The van der Waals surface area contributed by atoms with Gasteiger partial charge in [0.05, 0.1) is 6.42 Å². The van der Waals surface area contributed by atoms with Gasteiger partial charge in [-0.3, -0.25) is 39.6 Å². The molecule has 0 bridgehead atoms. The Morgan fingerprint density at radius 3 is 1.36 bits per heavy atom. The molecule has 0 atom stereocenters. The van der Waals surface area contributed by atoms with E-state index >= 15 is 0 Å². The lowest BCUT2D eigenvalue weighted by Gasteiger charge is -2.24. The van der Waals surface area contributed by atoms with E-state index in [1.165, 1.54) is 6.92 Å². The van der Waals surface area contributed by atoms with E-state index in [9.17, 15) is 39.6 Å². The number of rotatable bonds is 23. The molecule has 6 N–H and O–H groups in total. The second-order valence-electron chi connectivity index (χ2n) is 9.42. The van der Waals surface area contributed by atoms with Crippen molar-refractivity contribution in [2.24, 2.45) is 5.73 Å². The van der Waals surface area contributed by atoms with Crippen molar-refractivity contribution in [1.82, 2.24) is 20.1 Å². The molecule has 4 amide bonds. The second-order valence-corrected chi connectivity index (χ2v) is 9.42. The van der Waals surface area contributed by atoms with Crippen molar-refractivity contribution in [1.29, 1.82) is 0 Å². The molecule has 0 aliphatic rings. The number of aliphatic carboxylic acids is 1. The van der Waals surface area contributed by atoms with Gasteiger partial charge in [0.25, 0.3) is 0 Å². The van der Waals surface area contributed by atoms with E-state index in [2.05, 4.69) is 0 Å². The fraction of sp³-hybridized carbons (Fsp3) is 0.800. The van der Waals surface area contributed by atoms with Gasteiger partial charge in [-0.1, -0.05) is 6.42 Å². The molecule has 0 aliphatic heterocycles. The van der Waals surface area contributed by atoms with Crippen molar-refractivity contribution < 1.29 is 44.7 Å². The van der Waals surface area contributed by atoms with Crippen molar-refractivity contribution in [3.8, 4) is 0 Å². The Labute approximate surface area is 230 Å². The van der Waals surface area contributed by atoms with Crippen molar-refractivity contribution >= 4 is 29.6 Å². The van der Waals surface area contributed by atoms with Crippen molar-refractivity contribution in [3.05, 3.63) is 0 Å². The second kappa shape index (κ2) is 22.1. The van der Waals surface area contributed by atoms with Crippen LogP contribution in [0.3, 0.4) is 0 Å². The molecular formula is C25H47N5O9. The molecule has 0 aliphatic carbocycles. The first kappa shape index (κ1) is 36.2. The zero-order valence-electron chi connectivity index (χ0n) is 23.1. The van der Waals surface area contributed by atoms with E-state index in [-0.39, 0.29) is 51.2 Å². The van der Waals surface area contributed by atoms with Crippen LogP contribution in [0.1, 0.15) is 90.4 Å². The maximum absolute atomic E-state index is 12.8. The van der Waals surface area contributed by atoms with Gasteiger partial charge in [0, 0.05) is 58.9 Å². The zero-order chi connectivity index (χ0) is 29.6. The lowest BCUT2D eigenvalue weighted by Crippen LogP contribution is -2.35. The summed E-state index contributed by atoms with van der Waals surface area (Å²) in [6.45, 7) is 3.04. The minimum absolute atomic E-state index is 0.0479. The van der Waals surface area contributed by atoms with Crippen LogP contribution in [0.5, 0.6) is 0 Å². The molecule has 0 aromatic heterocycles. The van der Waals surface area contributed by atoms with Crippen molar-refractivity contribution in [2.45, 2.75) is 90.4 Å². The van der Waals surface area contributed by atoms with Gasteiger partial charge in [-0.2, -0.15) is 0 Å².